The quantitative estimate of drug-likeness (QED) is 0.890. The van der Waals surface area contributed by atoms with Gasteiger partial charge in [-0.05, 0) is 68.8 Å². The van der Waals surface area contributed by atoms with Crippen LogP contribution in [0.2, 0.25) is 0 Å². The molecule has 2 aliphatic carbocycles. The van der Waals surface area contributed by atoms with Gasteiger partial charge in [-0.2, -0.15) is 5.10 Å². The largest absolute Gasteiger partial charge is 0.353 e. The molecule has 2 heterocycles. The van der Waals surface area contributed by atoms with Crippen molar-refractivity contribution in [2.75, 3.05) is 0 Å². The van der Waals surface area contributed by atoms with Crippen molar-refractivity contribution in [3.8, 4) is 0 Å². The molecule has 0 radical (unpaired) electrons. The standard InChI is InChI=1S/C22H32N4O/c1-13-11-19-23-14(2)17(15(3)26(19)25-13)7-8-20(27)24-18-12-16-9-10-22(18,6)21(16,4)5/h11,16,18H,7-10,12H2,1-6H3,(H,24,27). The van der Waals surface area contributed by atoms with Gasteiger partial charge in [0.1, 0.15) is 0 Å². The Morgan fingerprint density at radius 3 is 2.67 bits per heavy atom. The first-order chi connectivity index (χ1) is 12.6. The molecule has 0 aromatic carbocycles. The van der Waals surface area contributed by atoms with Crippen LogP contribution in [0.15, 0.2) is 6.07 Å². The van der Waals surface area contributed by atoms with Gasteiger partial charge >= 0.3 is 0 Å². The monoisotopic (exact) mass is 368 g/mol. The Bertz CT molecular complexity index is 913. The van der Waals surface area contributed by atoms with Gasteiger partial charge in [-0.1, -0.05) is 20.8 Å². The van der Waals surface area contributed by atoms with Crippen LogP contribution in [0.5, 0.6) is 0 Å². The number of hydrogen-bond donors (Lipinski definition) is 1. The van der Waals surface area contributed by atoms with Crippen molar-refractivity contribution < 1.29 is 4.79 Å². The van der Waals surface area contributed by atoms with Crippen molar-refractivity contribution >= 4 is 11.6 Å². The summed E-state index contributed by atoms with van der Waals surface area (Å²) in [7, 11) is 0. The van der Waals surface area contributed by atoms with Crippen molar-refractivity contribution in [3.63, 3.8) is 0 Å². The maximum atomic E-state index is 12.7. The van der Waals surface area contributed by atoms with Crippen LogP contribution in [0.4, 0.5) is 0 Å². The third-order valence-electron chi connectivity index (χ3n) is 8.02. The molecule has 2 saturated carbocycles. The third kappa shape index (κ3) is 2.69. The van der Waals surface area contributed by atoms with E-state index in [9.17, 15) is 4.79 Å². The van der Waals surface area contributed by atoms with Crippen molar-refractivity contribution in [3.05, 3.63) is 28.7 Å². The van der Waals surface area contributed by atoms with Crippen molar-refractivity contribution in [2.45, 2.75) is 79.7 Å². The van der Waals surface area contributed by atoms with Crippen molar-refractivity contribution in [2.24, 2.45) is 16.7 Å². The highest BCUT2D eigenvalue weighted by Crippen LogP contribution is 2.65. The van der Waals surface area contributed by atoms with E-state index in [1.807, 2.05) is 24.4 Å². The number of fused-ring (bicyclic) bond motifs is 3. The van der Waals surface area contributed by atoms with Crippen LogP contribution in [-0.2, 0) is 11.2 Å². The SMILES string of the molecule is Cc1cc2nc(C)c(CCC(=O)NC3CC4CCC3(C)C4(C)C)c(C)n2n1. The maximum absolute atomic E-state index is 12.7. The Kier molecular flexibility index (Phi) is 4.13. The summed E-state index contributed by atoms with van der Waals surface area (Å²) in [6, 6.07) is 2.31. The zero-order valence-corrected chi connectivity index (χ0v) is 17.5. The zero-order chi connectivity index (χ0) is 19.6. The summed E-state index contributed by atoms with van der Waals surface area (Å²) in [6.45, 7) is 13.2. The Morgan fingerprint density at radius 1 is 1.30 bits per heavy atom. The van der Waals surface area contributed by atoms with Gasteiger partial charge in [-0.15, -0.1) is 0 Å². The molecule has 0 spiro atoms. The zero-order valence-electron chi connectivity index (χ0n) is 17.5. The lowest BCUT2D eigenvalue weighted by atomic mass is 9.69. The van der Waals surface area contributed by atoms with Crippen LogP contribution in [0, 0.1) is 37.5 Å². The van der Waals surface area contributed by atoms with E-state index in [0.29, 0.717) is 24.3 Å². The van der Waals surface area contributed by atoms with E-state index in [1.165, 1.54) is 12.8 Å². The number of carbonyl (C=O) groups is 1. The minimum atomic E-state index is 0.167. The minimum Gasteiger partial charge on any atom is -0.353 e. The van der Waals surface area contributed by atoms with Crippen LogP contribution in [-0.4, -0.2) is 26.5 Å². The molecule has 4 rings (SSSR count). The van der Waals surface area contributed by atoms with Gasteiger partial charge in [0.05, 0.1) is 5.69 Å². The number of aryl methyl sites for hydroxylation is 3. The summed E-state index contributed by atoms with van der Waals surface area (Å²) < 4.78 is 1.90. The summed E-state index contributed by atoms with van der Waals surface area (Å²) in [6.07, 6.45) is 4.89. The molecule has 3 atom stereocenters. The lowest BCUT2D eigenvalue weighted by molar-refractivity contribution is -0.122. The molecule has 5 nitrogen and oxygen atoms in total. The Labute approximate surface area is 161 Å². The van der Waals surface area contributed by atoms with E-state index >= 15 is 0 Å². The normalized spacial score (nSPS) is 28.8. The molecule has 2 aliphatic rings. The van der Waals surface area contributed by atoms with Gasteiger partial charge in [0.25, 0.3) is 0 Å². The maximum Gasteiger partial charge on any atom is 0.220 e. The number of rotatable bonds is 4. The molecule has 0 aliphatic heterocycles. The molecular weight excluding hydrogens is 336 g/mol. The summed E-state index contributed by atoms with van der Waals surface area (Å²) in [4.78, 5) is 17.4. The van der Waals surface area contributed by atoms with Gasteiger partial charge in [0, 0.05) is 29.9 Å². The van der Waals surface area contributed by atoms with Crippen LogP contribution in [0.3, 0.4) is 0 Å². The summed E-state index contributed by atoms with van der Waals surface area (Å²) in [5.74, 6) is 0.909. The Balaban J connectivity index is 1.45. The lowest BCUT2D eigenvalue weighted by Crippen LogP contribution is -2.46. The number of aromatic nitrogens is 3. The number of carbonyl (C=O) groups excluding carboxylic acids is 1. The van der Waals surface area contributed by atoms with E-state index in [4.69, 9.17) is 0 Å². The van der Waals surface area contributed by atoms with Crippen LogP contribution in [0.1, 0.15) is 69.1 Å². The third-order valence-corrected chi connectivity index (χ3v) is 8.02. The van der Waals surface area contributed by atoms with Gasteiger partial charge < -0.3 is 5.32 Å². The van der Waals surface area contributed by atoms with Gasteiger partial charge in [-0.3, -0.25) is 4.79 Å². The molecule has 2 aromatic heterocycles. The summed E-state index contributed by atoms with van der Waals surface area (Å²) in [5, 5.41) is 7.90. The van der Waals surface area contributed by atoms with Crippen LogP contribution in [0.25, 0.3) is 5.65 Å². The fourth-order valence-corrected chi connectivity index (χ4v) is 5.73. The first-order valence-electron chi connectivity index (χ1n) is 10.3. The highest BCUT2D eigenvalue weighted by Gasteiger charge is 2.61. The Morgan fingerprint density at radius 2 is 2.04 bits per heavy atom. The number of nitrogens with one attached hydrogen (secondary N) is 1. The lowest BCUT2D eigenvalue weighted by Gasteiger charge is -2.39. The van der Waals surface area contributed by atoms with E-state index in [2.05, 4.69) is 43.1 Å². The van der Waals surface area contributed by atoms with Gasteiger partial charge in [-0.25, -0.2) is 9.50 Å². The number of nitrogens with zero attached hydrogens (tertiary/aromatic N) is 3. The second-order valence-electron chi connectivity index (χ2n) is 9.55. The smallest absolute Gasteiger partial charge is 0.220 e. The first-order valence-corrected chi connectivity index (χ1v) is 10.3. The molecule has 0 saturated heterocycles. The molecule has 1 N–H and O–H groups in total. The molecule has 146 valence electrons. The summed E-state index contributed by atoms with van der Waals surface area (Å²) >= 11 is 0. The molecule has 5 heteroatoms. The average molecular weight is 369 g/mol. The number of amides is 1. The highest BCUT2D eigenvalue weighted by atomic mass is 16.1. The predicted molar refractivity (Wildman–Crippen MR) is 107 cm³/mol. The molecule has 2 aromatic rings. The fraction of sp³-hybridized carbons (Fsp3) is 0.682. The highest BCUT2D eigenvalue weighted by molar-refractivity contribution is 5.76. The minimum absolute atomic E-state index is 0.167. The second-order valence-corrected chi connectivity index (χ2v) is 9.55. The topological polar surface area (TPSA) is 59.3 Å². The first kappa shape index (κ1) is 18.5. The number of hydrogen-bond acceptors (Lipinski definition) is 3. The van der Waals surface area contributed by atoms with E-state index in [-0.39, 0.29) is 11.3 Å². The fourth-order valence-electron chi connectivity index (χ4n) is 5.73. The van der Waals surface area contributed by atoms with Crippen molar-refractivity contribution in [1.82, 2.24) is 19.9 Å². The molecule has 2 fully saturated rings. The van der Waals surface area contributed by atoms with Crippen LogP contribution < -0.4 is 5.32 Å². The van der Waals surface area contributed by atoms with Gasteiger partial charge in [0.2, 0.25) is 5.91 Å². The van der Waals surface area contributed by atoms with E-state index in [0.717, 1.165) is 40.6 Å². The molecule has 3 unspecified atom stereocenters. The van der Waals surface area contributed by atoms with E-state index in [1.54, 1.807) is 0 Å². The second kappa shape index (κ2) is 6.05. The van der Waals surface area contributed by atoms with Crippen LogP contribution >= 0.6 is 0 Å². The molecule has 1 amide bonds. The van der Waals surface area contributed by atoms with Gasteiger partial charge in [0.15, 0.2) is 5.65 Å². The molecule has 27 heavy (non-hydrogen) atoms. The average Bonchev–Trinajstić information content (AvgIpc) is 3.12. The molecular formula is C22H32N4O. The molecule has 2 bridgehead atoms. The van der Waals surface area contributed by atoms with E-state index < -0.39 is 0 Å². The Hall–Kier alpha value is -1.91. The van der Waals surface area contributed by atoms with Crippen molar-refractivity contribution in [1.29, 1.82) is 0 Å². The predicted octanol–water partition coefficient (Wildman–Crippen LogP) is 3.92. The summed E-state index contributed by atoms with van der Waals surface area (Å²) in [5.41, 5.74) is 5.63.